The van der Waals surface area contributed by atoms with Crippen molar-refractivity contribution in [2.24, 2.45) is 5.73 Å². The molecule has 1 rings (SSSR count). The molecule has 90 valence electrons. The Bertz CT molecular complexity index is 384. The van der Waals surface area contributed by atoms with Crippen LogP contribution in [0.25, 0.3) is 0 Å². The Morgan fingerprint density at radius 3 is 2.56 bits per heavy atom. The van der Waals surface area contributed by atoms with E-state index in [2.05, 4.69) is 9.72 Å². The van der Waals surface area contributed by atoms with E-state index in [1.165, 1.54) is 0 Å². The van der Waals surface area contributed by atoms with Gasteiger partial charge in [0.25, 0.3) is 0 Å². The molecule has 0 aromatic carbocycles. The van der Waals surface area contributed by atoms with Crippen molar-refractivity contribution in [3.8, 4) is 5.75 Å². The summed E-state index contributed by atoms with van der Waals surface area (Å²) in [6, 6.07) is 0. The van der Waals surface area contributed by atoms with Gasteiger partial charge in [0.2, 0.25) is 0 Å². The van der Waals surface area contributed by atoms with Crippen LogP contribution in [0.3, 0.4) is 0 Å². The van der Waals surface area contributed by atoms with Gasteiger partial charge in [-0.3, -0.25) is 0 Å². The lowest BCUT2D eigenvalue weighted by molar-refractivity contribution is -0.275. The van der Waals surface area contributed by atoms with Crippen LogP contribution in [-0.4, -0.2) is 16.5 Å². The Morgan fingerprint density at radius 2 is 2.12 bits per heavy atom. The van der Waals surface area contributed by atoms with Crippen molar-refractivity contribution in [3.05, 3.63) is 21.0 Å². The number of hydrogen-bond acceptors (Lipinski definition) is 4. The number of nitrogens with zero attached hydrogens (tertiary/aromatic N) is 1. The molecule has 0 aliphatic carbocycles. The largest absolute Gasteiger partial charge is 0.573 e. The van der Waals surface area contributed by atoms with E-state index >= 15 is 0 Å². The number of aromatic nitrogens is 1. The van der Waals surface area contributed by atoms with Gasteiger partial charge in [-0.15, -0.1) is 13.2 Å². The molecule has 3 N–H and O–H groups in total. The van der Waals surface area contributed by atoms with E-state index in [4.69, 9.17) is 10.8 Å². The van der Waals surface area contributed by atoms with E-state index in [1.807, 2.05) is 0 Å². The van der Waals surface area contributed by atoms with E-state index < -0.39 is 18.7 Å². The van der Waals surface area contributed by atoms with Gasteiger partial charge >= 0.3 is 6.36 Å². The van der Waals surface area contributed by atoms with Gasteiger partial charge in [-0.05, 0) is 22.6 Å². The smallest absolute Gasteiger partial charge is 0.405 e. The van der Waals surface area contributed by atoms with Crippen LogP contribution in [0, 0.1) is 3.70 Å². The molecule has 0 fully saturated rings. The van der Waals surface area contributed by atoms with Crippen LogP contribution in [0.4, 0.5) is 13.2 Å². The van der Waals surface area contributed by atoms with Crippen LogP contribution >= 0.6 is 22.6 Å². The normalized spacial score (nSPS) is 11.6. The van der Waals surface area contributed by atoms with Crippen molar-refractivity contribution in [1.29, 1.82) is 0 Å². The highest BCUT2D eigenvalue weighted by Gasteiger charge is 2.33. The first kappa shape index (κ1) is 13.5. The van der Waals surface area contributed by atoms with Crippen LogP contribution in [0.5, 0.6) is 5.75 Å². The molecule has 0 amide bonds. The maximum absolute atomic E-state index is 12.1. The second kappa shape index (κ2) is 5.15. The standard InChI is InChI=1S/C8H8F3IN2O2/c9-8(10,11)16-6-4(3-15)2-14-7(12)5(6)1-13/h2,15H,1,3,13H2. The van der Waals surface area contributed by atoms with Gasteiger partial charge in [-0.2, -0.15) is 0 Å². The number of pyridine rings is 1. The summed E-state index contributed by atoms with van der Waals surface area (Å²) in [5.74, 6) is -0.461. The van der Waals surface area contributed by atoms with Gasteiger partial charge in [-0.1, -0.05) is 0 Å². The maximum Gasteiger partial charge on any atom is 0.573 e. The van der Waals surface area contributed by atoms with E-state index in [9.17, 15) is 13.2 Å². The molecule has 0 saturated heterocycles. The van der Waals surface area contributed by atoms with Crippen molar-refractivity contribution < 1.29 is 23.0 Å². The summed E-state index contributed by atoms with van der Waals surface area (Å²) in [6.07, 6.45) is -3.69. The van der Waals surface area contributed by atoms with Crippen LogP contribution in [-0.2, 0) is 13.2 Å². The van der Waals surface area contributed by atoms with Gasteiger partial charge in [0, 0.05) is 23.9 Å². The SMILES string of the molecule is NCc1c(I)ncc(CO)c1OC(F)(F)F. The third kappa shape index (κ3) is 3.19. The molecule has 16 heavy (non-hydrogen) atoms. The fourth-order valence-electron chi connectivity index (χ4n) is 1.09. The molecular weight excluding hydrogens is 340 g/mol. The summed E-state index contributed by atoms with van der Waals surface area (Å²) >= 11 is 1.75. The fraction of sp³-hybridized carbons (Fsp3) is 0.375. The van der Waals surface area contributed by atoms with Crippen molar-refractivity contribution in [2.45, 2.75) is 19.5 Å². The number of aliphatic hydroxyl groups excluding tert-OH is 1. The molecular formula is C8H8F3IN2O2. The number of halogens is 4. The molecule has 0 aliphatic rings. The Labute approximate surface area is 103 Å². The summed E-state index contributed by atoms with van der Waals surface area (Å²) in [6.45, 7) is -0.743. The third-order valence-corrected chi connectivity index (χ3v) is 2.67. The molecule has 0 atom stereocenters. The summed E-state index contributed by atoms with van der Waals surface area (Å²) < 4.78 is 40.6. The van der Waals surface area contributed by atoms with Gasteiger partial charge in [0.1, 0.15) is 9.45 Å². The van der Waals surface area contributed by atoms with Crippen LogP contribution in [0.1, 0.15) is 11.1 Å². The number of nitrogens with two attached hydrogens (primary N) is 1. The second-order valence-corrected chi connectivity index (χ2v) is 3.81. The number of hydrogen-bond donors (Lipinski definition) is 2. The van der Waals surface area contributed by atoms with E-state index in [1.54, 1.807) is 22.6 Å². The fourth-order valence-corrected chi connectivity index (χ4v) is 1.70. The minimum atomic E-state index is -4.82. The first-order valence-corrected chi connectivity index (χ1v) is 5.19. The molecule has 4 nitrogen and oxygen atoms in total. The third-order valence-electron chi connectivity index (χ3n) is 1.74. The average molecular weight is 348 g/mol. The van der Waals surface area contributed by atoms with Crippen molar-refractivity contribution >= 4 is 22.6 Å². The van der Waals surface area contributed by atoms with Crippen LogP contribution < -0.4 is 10.5 Å². The summed E-state index contributed by atoms with van der Waals surface area (Å²) in [5, 5.41) is 8.90. The Kier molecular flexibility index (Phi) is 4.33. The summed E-state index contributed by atoms with van der Waals surface area (Å²) in [5.41, 5.74) is 5.41. The van der Waals surface area contributed by atoms with E-state index in [0.29, 0.717) is 3.70 Å². The van der Waals surface area contributed by atoms with Crippen LogP contribution in [0.2, 0.25) is 0 Å². The van der Waals surface area contributed by atoms with Gasteiger partial charge in [0.15, 0.2) is 0 Å². The Morgan fingerprint density at radius 1 is 1.50 bits per heavy atom. The monoisotopic (exact) mass is 348 g/mol. The van der Waals surface area contributed by atoms with Crippen LogP contribution in [0.15, 0.2) is 6.20 Å². The topological polar surface area (TPSA) is 68.4 Å². The van der Waals surface area contributed by atoms with Gasteiger partial charge < -0.3 is 15.6 Å². The summed E-state index contributed by atoms with van der Waals surface area (Å²) in [7, 11) is 0. The molecule has 1 heterocycles. The predicted molar refractivity (Wildman–Crippen MR) is 57.5 cm³/mol. The molecule has 0 bridgehead atoms. The zero-order chi connectivity index (χ0) is 12.3. The number of ether oxygens (including phenoxy) is 1. The highest BCUT2D eigenvalue weighted by molar-refractivity contribution is 14.1. The highest BCUT2D eigenvalue weighted by Crippen LogP contribution is 2.31. The van der Waals surface area contributed by atoms with E-state index in [0.717, 1.165) is 6.20 Å². The predicted octanol–water partition coefficient (Wildman–Crippen LogP) is 1.54. The zero-order valence-corrected chi connectivity index (χ0v) is 10.0. The van der Waals surface area contributed by atoms with Crippen molar-refractivity contribution in [1.82, 2.24) is 4.98 Å². The Balaban J connectivity index is 3.25. The minimum absolute atomic E-state index is 0.0433. The number of alkyl halides is 3. The van der Waals surface area contributed by atoms with Crippen molar-refractivity contribution in [2.75, 3.05) is 0 Å². The molecule has 1 aromatic rings. The lowest BCUT2D eigenvalue weighted by atomic mass is 10.2. The lowest BCUT2D eigenvalue weighted by Crippen LogP contribution is -2.21. The van der Waals surface area contributed by atoms with E-state index in [-0.39, 0.29) is 17.7 Å². The minimum Gasteiger partial charge on any atom is -0.405 e. The average Bonchev–Trinajstić information content (AvgIpc) is 2.16. The number of rotatable bonds is 3. The maximum atomic E-state index is 12.1. The molecule has 1 aromatic heterocycles. The second-order valence-electron chi connectivity index (χ2n) is 2.79. The first-order chi connectivity index (χ1) is 7.39. The van der Waals surface area contributed by atoms with Gasteiger partial charge in [0.05, 0.1) is 6.61 Å². The molecule has 0 radical (unpaired) electrons. The van der Waals surface area contributed by atoms with Crippen molar-refractivity contribution in [3.63, 3.8) is 0 Å². The zero-order valence-electron chi connectivity index (χ0n) is 7.88. The molecule has 0 saturated carbocycles. The number of aliphatic hydroxyl groups is 1. The Hall–Kier alpha value is -0.610. The van der Waals surface area contributed by atoms with Gasteiger partial charge in [-0.25, -0.2) is 4.98 Å². The highest BCUT2D eigenvalue weighted by atomic mass is 127. The molecule has 0 aliphatic heterocycles. The first-order valence-electron chi connectivity index (χ1n) is 4.12. The summed E-state index contributed by atoms with van der Waals surface area (Å²) in [4.78, 5) is 3.81. The lowest BCUT2D eigenvalue weighted by Gasteiger charge is -2.16. The quantitative estimate of drug-likeness (QED) is 0.642. The molecule has 0 spiro atoms. The molecule has 8 heteroatoms. The molecule has 0 unspecified atom stereocenters.